The van der Waals surface area contributed by atoms with E-state index < -0.39 is 0 Å². The second-order valence-electron chi connectivity index (χ2n) is 3.20. The number of nitrogens with two attached hydrogens (primary N) is 1. The van der Waals surface area contributed by atoms with Crippen LogP contribution in [-0.2, 0) is 6.54 Å². The summed E-state index contributed by atoms with van der Waals surface area (Å²) in [6.07, 6.45) is 0. The largest absolute Gasteiger partial charge is 0.486 e. The minimum absolute atomic E-state index is 0.413. The Kier molecular flexibility index (Phi) is 2.52. The van der Waals surface area contributed by atoms with E-state index in [0.29, 0.717) is 24.8 Å². The van der Waals surface area contributed by atoms with Crippen LogP contribution in [0.15, 0.2) is 6.07 Å². The van der Waals surface area contributed by atoms with Crippen molar-refractivity contribution in [3.8, 4) is 11.5 Å². The summed E-state index contributed by atoms with van der Waals surface area (Å²) in [6, 6.07) is 1.85. The van der Waals surface area contributed by atoms with Crippen LogP contribution >= 0.6 is 11.6 Å². The first kappa shape index (κ1) is 9.62. The summed E-state index contributed by atoms with van der Waals surface area (Å²) in [6.45, 7) is 3.48. The second-order valence-corrected chi connectivity index (χ2v) is 3.58. The molecule has 0 aromatic heterocycles. The fraction of sp³-hybridized carbons (Fsp3) is 0.400. The minimum Gasteiger partial charge on any atom is -0.486 e. The molecule has 0 bridgehead atoms. The van der Waals surface area contributed by atoms with Crippen LogP contribution in [0.4, 0.5) is 0 Å². The summed E-state index contributed by atoms with van der Waals surface area (Å²) in [4.78, 5) is 0. The number of hydrogen-bond acceptors (Lipinski definition) is 3. The molecule has 0 saturated carbocycles. The number of rotatable bonds is 1. The highest BCUT2D eigenvalue weighted by Crippen LogP contribution is 2.39. The van der Waals surface area contributed by atoms with Gasteiger partial charge in [-0.1, -0.05) is 11.6 Å². The van der Waals surface area contributed by atoms with Crippen molar-refractivity contribution in [2.75, 3.05) is 13.2 Å². The maximum absolute atomic E-state index is 6.11. The molecule has 3 nitrogen and oxygen atoms in total. The van der Waals surface area contributed by atoms with Gasteiger partial charge in [-0.2, -0.15) is 0 Å². The molecule has 0 unspecified atom stereocenters. The van der Waals surface area contributed by atoms with Gasteiger partial charge in [0, 0.05) is 12.1 Å². The van der Waals surface area contributed by atoms with Gasteiger partial charge in [-0.05, 0) is 18.6 Å². The molecule has 1 aromatic carbocycles. The molecule has 0 radical (unpaired) electrons. The molecular formula is C10H12ClNO2. The molecule has 0 aliphatic carbocycles. The van der Waals surface area contributed by atoms with Crippen molar-refractivity contribution >= 4 is 11.6 Å². The van der Waals surface area contributed by atoms with Crippen molar-refractivity contribution in [1.82, 2.24) is 0 Å². The molecule has 1 aromatic rings. The van der Waals surface area contributed by atoms with Gasteiger partial charge in [-0.25, -0.2) is 0 Å². The van der Waals surface area contributed by atoms with Crippen LogP contribution in [0.5, 0.6) is 11.5 Å². The Labute approximate surface area is 87.8 Å². The van der Waals surface area contributed by atoms with Crippen molar-refractivity contribution in [3.63, 3.8) is 0 Å². The maximum Gasteiger partial charge on any atom is 0.165 e. The zero-order chi connectivity index (χ0) is 10.1. The molecule has 4 heteroatoms. The molecule has 2 N–H and O–H groups in total. The van der Waals surface area contributed by atoms with Crippen molar-refractivity contribution in [2.45, 2.75) is 13.5 Å². The number of halogens is 1. The van der Waals surface area contributed by atoms with E-state index in [1.165, 1.54) is 0 Å². The Bertz CT molecular complexity index is 366. The molecule has 1 aliphatic heterocycles. The van der Waals surface area contributed by atoms with Crippen LogP contribution in [0.2, 0.25) is 5.02 Å². The Morgan fingerprint density at radius 3 is 2.86 bits per heavy atom. The van der Waals surface area contributed by atoms with Gasteiger partial charge in [0.2, 0.25) is 0 Å². The van der Waals surface area contributed by atoms with Gasteiger partial charge in [0.05, 0.1) is 5.02 Å². The lowest BCUT2D eigenvalue weighted by Gasteiger charge is -2.22. The zero-order valence-electron chi connectivity index (χ0n) is 7.97. The van der Waals surface area contributed by atoms with Crippen LogP contribution in [0.3, 0.4) is 0 Å². The van der Waals surface area contributed by atoms with Crippen molar-refractivity contribution in [2.24, 2.45) is 5.73 Å². The average molecular weight is 214 g/mol. The Hall–Kier alpha value is -0.930. The summed E-state index contributed by atoms with van der Waals surface area (Å²) in [5, 5.41) is 0.678. The number of ether oxygens (including phenoxy) is 2. The third-order valence-corrected chi connectivity index (χ3v) is 2.81. The van der Waals surface area contributed by atoms with E-state index in [0.717, 1.165) is 22.6 Å². The normalized spacial score (nSPS) is 14.2. The molecule has 0 fully saturated rings. The van der Waals surface area contributed by atoms with E-state index in [9.17, 15) is 0 Å². The molecule has 2 rings (SSSR count). The van der Waals surface area contributed by atoms with Gasteiger partial charge in [-0.3, -0.25) is 0 Å². The highest BCUT2D eigenvalue weighted by Gasteiger charge is 2.18. The quantitative estimate of drug-likeness (QED) is 0.775. The fourth-order valence-corrected chi connectivity index (χ4v) is 1.76. The van der Waals surface area contributed by atoms with Gasteiger partial charge in [0.15, 0.2) is 11.5 Å². The summed E-state index contributed by atoms with van der Waals surface area (Å²) >= 11 is 6.11. The van der Waals surface area contributed by atoms with Crippen LogP contribution in [-0.4, -0.2) is 13.2 Å². The second kappa shape index (κ2) is 3.67. The first-order chi connectivity index (χ1) is 6.74. The van der Waals surface area contributed by atoms with Gasteiger partial charge in [-0.15, -0.1) is 0 Å². The highest BCUT2D eigenvalue weighted by molar-refractivity contribution is 6.32. The fourth-order valence-electron chi connectivity index (χ4n) is 1.54. The molecule has 0 spiro atoms. The third-order valence-electron chi connectivity index (χ3n) is 2.29. The maximum atomic E-state index is 6.11. The first-order valence-electron chi connectivity index (χ1n) is 4.51. The number of fused-ring (bicyclic) bond motifs is 1. The van der Waals surface area contributed by atoms with E-state index in [1.54, 1.807) is 0 Å². The predicted molar refractivity (Wildman–Crippen MR) is 55.1 cm³/mol. The molecule has 76 valence electrons. The summed E-state index contributed by atoms with van der Waals surface area (Å²) in [5.74, 6) is 1.50. The summed E-state index contributed by atoms with van der Waals surface area (Å²) in [7, 11) is 0. The van der Waals surface area contributed by atoms with Crippen LogP contribution in [0.25, 0.3) is 0 Å². The highest BCUT2D eigenvalue weighted by atomic mass is 35.5. The van der Waals surface area contributed by atoms with Gasteiger partial charge >= 0.3 is 0 Å². The van der Waals surface area contributed by atoms with E-state index in [1.807, 2.05) is 13.0 Å². The van der Waals surface area contributed by atoms with Crippen LogP contribution in [0, 0.1) is 6.92 Å². The number of benzene rings is 1. The van der Waals surface area contributed by atoms with Crippen molar-refractivity contribution in [3.05, 3.63) is 22.2 Å². The minimum atomic E-state index is 0.413. The standard InChI is InChI=1S/C10H12ClNO2/c1-6-9(11)7(5-12)4-8-10(6)14-3-2-13-8/h4H,2-3,5,12H2,1H3. The predicted octanol–water partition coefficient (Wildman–Crippen LogP) is 1.88. The lowest BCUT2D eigenvalue weighted by atomic mass is 10.1. The van der Waals surface area contributed by atoms with Crippen molar-refractivity contribution in [1.29, 1.82) is 0 Å². The molecule has 1 aliphatic rings. The summed E-state index contributed by atoms with van der Waals surface area (Å²) < 4.78 is 10.9. The van der Waals surface area contributed by atoms with Gasteiger partial charge < -0.3 is 15.2 Å². The van der Waals surface area contributed by atoms with E-state index >= 15 is 0 Å². The molecule has 1 heterocycles. The molecule has 0 atom stereocenters. The van der Waals surface area contributed by atoms with E-state index in [2.05, 4.69) is 0 Å². The van der Waals surface area contributed by atoms with E-state index in [4.69, 9.17) is 26.8 Å². The summed E-state index contributed by atoms with van der Waals surface area (Å²) in [5.41, 5.74) is 7.38. The molecule has 0 saturated heterocycles. The SMILES string of the molecule is Cc1c(Cl)c(CN)cc2c1OCCO2. The lowest BCUT2D eigenvalue weighted by molar-refractivity contribution is 0.170. The van der Waals surface area contributed by atoms with Gasteiger partial charge in [0.25, 0.3) is 0 Å². The van der Waals surface area contributed by atoms with Crippen molar-refractivity contribution < 1.29 is 9.47 Å². The number of hydrogen-bond donors (Lipinski definition) is 1. The molecule has 0 amide bonds. The topological polar surface area (TPSA) is 44.5 Å². The first-order valence-corrected chi connectivity index (χ1v) is 4.89. The Balaban J connectivity index is 2.57. The Morgan fingerprint density at radius 1 is 1.43 bits per heavy atom. The van der Waals surface area contributed by atoms with Crippen LogP contribution < -0.4 is 15.2 Å². The van der Waals surface area contributed by atoms with Gasteiger partial charge in [0.1, 0.15) is 13.2 Å². The monoisotopic (exact) mass is 213 g/mol. The molecular weight excluding hydrogens is 202 g/mol. The Morgan fingerprint density at radius 2 is 2.14 bits per heavy atom. The van der Waals surface area contributed by atoms with Crippen LogP contribution in [0.1, 0.15) is 11.1 Å². The average Bonchev–Trinajstić information content (AvgIpc) is 2.23. The molecule has 14 heavy (non-hydrogen) atoms. The third kappa shape index (κ3) is 1.42. The lowest BCUT2D eigenvalue weighted by Crippen LogP contribution is -2.17. The smallest absolute Gasteiger partial charge is 0.165 e. The zero-order valence-corrected chi connectivity index (χ0v) is 8.73. The van der Waals surface area contributed by atoms with E-state index in [-0.39, 0.29) is 0 Å².